The van der Waals surface area contributed by atoms with E-state index in [1.807, 2.05) is 67.6 Å². The van der Waals surface area contributed by atoms with E-state index in [9.17, 15) is 9.59 Å². The molecule has 0 saturated carbocycles. The minimum Gasteiger partial charge on any atom is -0.494 e. The Hall–Kier alpha value is -5.20. The number of hydrogen-bond donors (Lipinski definition) is 0. The van der Waals surface area contributed by atoms with Crippen LogP contribution in [0.2, 0.25) is 0 Å². The van der Waals surface area contributed by atoms with Crippen LogP contribution in [0.25, 0.3) is 0 Å². The van der Waals surface area contributed by atoms with Crippen molar-refractivity contribution in [1.29, 1.82) is 0 Å². The molecule has 0 fully saturated rings. The predicted octanol–water partition coefficient (Wildman–Crippen LogP) is 8.13. The quantitative estimate of drug-likeness (QED) is 0.0611. The standard InChI is InChI=1S/C41H44O6/c1-4-40(42)46-30-12-8-6-10-28-44-38-24-18-34(19-25-38)14-15-36-17-23-37(33(3)32-36)22-16-35-20-26-39(27-21-35)45-29-11-7-9-13-31-47-41(43)5-2/h4-5,17-21,23-27,32H,1-2,6-13,28-31H2,3H3. The monoisotopic (exact) mass is 632 g/mol. The van der Waals surface area contributed by atoms with Gasteiger partial charge in [0.05, 0.1) is 26.4 Å². The van der Waals surface area contributed by atoms with E-state index in [0.29, 0.717) is 26.4 Å². The Morgan fingerprint density at radius 3 is 1.40 bits per heavy atom. The normalized spacial score (nSPS) is 9.98. The van der Waals surface area contributed by atoms with Gasteiger partial charge >= 0.3 is 11.9 Å². The molecule has 0 heterocycles. The zero-order valence-electron chi connectivity index (χ0n) is 27.4. The van der Waals surface area contributed by atoms with Gasteiger partial charge in [0.2, 0.25) is 0 Å². The molecule has 0 spiro atoms. The van der Waals surface area contributed by atoms with Crippen molar-refractivity contribution in [3.05, 3.63) is 120 Å². The van der Waals surface area contributed by atoms with Crippen molar-refractivity contribution in [1.82, 2.24) is 0 Å². The maximum absolute atomic E-state index is 11.0. The van der Waals surface area contributed by atoms with Crippen LogP contribution in [0, 0.1) is 30.6 Å². The third-order valence-corrected chi connectivity index (χ3v) is 7.06. The second-order valence-electron chi connectivity index (χ2n) is 10.8. The summed E-state index contributed by atoms with van der Waals surface area (Å²) in [6.07, 6.45) is 9.96. The Labute approximate surface area is 279 Å². The molecule has 0 radical (unpaired) electrons. The van der Waals surface area contributed by atoms with Gasteiger partial charge in [0.25, 0.3) is 0 Å². The molecule has 3 aromatic rings. The van der Waals surface area contributed by atoms with Gasteiger partial charge in [-0.2, -0.15) is 0 Å². The fourth-order valence-electron chi connectivity index (χ4n) is 4.39. The number of hydrogen-bond acceptors (Lipinski definition) is 6. The molecule has 6 heteroatoms. The lowest BCUT2D eigenvalue weighted by molar-refractivity contribution is -0.138. The van der Waals surface area contributed by atoms with Gasteiger partial charge in [0.1, 0.15) is 11.5 Å². The molecule has 0 aliphatic heterocycles. The lowest BCUT2D eigenvalue weighted by Crippen LogP contribution is -2.02. The van der Waals surface area contributed by atoms with Gasteiger partial charge in [0, 0.05) is 34.4 Å². The first-order valence-electron chi connectivity index (χ1n) is 16.2. The maximum Gasteiger partial charge on any atom is 0.330 e. The number of unbranched alkanes of at least 4 members (excludes halogenated alkanes) is 6. The van der Waals surface area contributed by atoms with Crippen LogP contribution in [-0.2, 0) is 19.1 Å². The second kappa shape index (κ2) is 21.5. The van der Waals surface area contributed by atoms with Crippen molar-refractivity contribution in [2.24, 2.45) is 0 Å². The number of esters is 2. The molecule has 0 aliphatic rings. The third-order valence-electron chi connectivity index (χ3n) is 7.06. The molecule has 0 amide bonds. The molecule has 3 rings (SSSR count). The van der Waals surface area contributed by atoms with E-state index in [2.05, 4.69) is 42.9 Å². The molecule has 3 aromatic carbocycles. The summed E-state index contributed by atoms with van der Waals surface area (Å²) < 4.78 is 21.6. The van der Waals surface area contributed by atoms with Crippen LogP contribution in [0.15, 0.2) is 92.0 Å². The summed E-state index contributed by atoms with van der Waals surface area (Å²) in [4.78, 5) is 22.0. The Morgan fingerprint density at radius 2 is 0.957 bits per heavy atom. The number of ether oxygens (including phenoxy) is 4. The number of carbonyl (C=O) groups is 2. The summed E-state index contributed by atoms with van der Waals surface area (Å²) in [5.74, 6) is 13.9. The van der Waals surface area contributed by atoms with Crippen molar-refractivity contribution in [3.8, 4) is 35.2 Å². The minimum absolute atomic E-state index is 0.370. The van der Waals surface area contributed by atoms with E-state index in [1.54, 1.807) is 0 Å². The van der Waals surface area contributed by atoms with Crippen LogP contribution in [0.1, 0.15) is 79.2 Å². The lowest BCUT2D eigenvalue weighted by Gasteiger charge is -2.06. The van der Waals surface area contributed by atoms with Crippen LogP contribution in [0.3, 0.4) is 0 Å². The first-order chi connectivity index (χ1) is 23.0. The molecule has 0 N–H and O–H groups in total. The number of benzene rings is 3. The molecule has 0 atom stereocenters. The summed E-state index contributed by atoms with van der Waals surface area (Å²) in [5.41, 5.74) is 4.82. The van der Waals surface area contributed by atoms with Crippen molar-refractivity contribution >= 4 is 11.9 Å². The Kier molecular flexibility index (Phi) is 16.6. The van der Waals surface area contributed by atoms with Crippen molar-refractivity contribution < 1.29 is 28.5 Å². The lowest BCUT2D eigenvalue weighted by atomic mass is 10.0. The molecule has 0 bridgehead atoms. The van der Waals surface area contributed by atoms with E-state index in [0.717, 1.165) is 90.7 Å². The SMILES string of the molecule is C=CC(=O)OCCCCCCOc1ccc(C#Cc2ccc(C#Cc3ccc(OCCCCCCOC(=O)C=C)cc3)c(C)c2)cc1. The topological polar surface area (TPSA) is 71.1 Å². The molecule has 244 valence electrons. The molecular formula is C41H44O6. The Balaban J connectivity index is 1.37. The molecule has 47 heavy (non-hydrogen) atoms. The highest BCUT2D eigenvalue weighted by Crippen LogP contribution is 2.15. The van der Waals surface area contributed by atoms with Gasteiger partial charge in [0.15, 0.2) is 0 Å². The predicted molar refractivity (Wildman–Crippen MR) is 186 cm³/mol. The highest BCUT2D eigenvalue weighted by Gasteiger charge is 2.00. The van der Waals surface area contributed by atoms with Gasteiger partial charge in [-0.1, -0.05) is 36.8 Å². The van der Waals surface area contributed by atoms with Crippen molar-refractivity contribution in [3.63, 3.8) is 0 Å². The fourth-order valence-corrected chi connectivity index (χ4v) is 4.39. The van der Waals surface area contributed by atoms with Crippen LogP contribution in [0.5, 0.6) is 11.5 Å². The molecule has 0 aliphatic carbocycles. The average Bonchev–Trinajstić information content (AvgIpc) is 3.10. The van der Waals surface area contributed by atoms with Gasteiger partial charge < -0.3 is 18.9 Å². The van der Waals surface area contributed by atoms with Crippen LogP contribution >= 0.6 is 0 Å². The zero-order valence-corrected chi connectivity index (χ0v) is 27.4. The second-order valence-corrected chi connectivity index (χ2v) is 10.8. The van der Waals surface area contributed by atoms with Crippen LogP contribution < -0.4 is 9.47 Å². The maximum atomic E-state index is 11.0. The molecule has 0 aromatic heterocycles. The first-order valence-corrected chi connectivity index (χ1v) is 16.2. The van der Waals surface area contributed by atoms with E-state index < -0.39 is 0 Å². The fraction of sp³-hybridized carbons (Fsp3) is 0.317. The van der Waals surface area contributed by atoms with E-state index in [4.69, 9.17) is 18.9 Å². The number of aryl methyl sites for hydroxylation is 1. The summed E-state index contributed by atoms with van der Waals surface area (Å²) >= 11 is 0. The van der Waals surface area contributed by atoms with Gasteiger partial charge in [-0.25, -0.2) is 9.59 Å². The Morgan fingerprint density at radius 1 is 0.553 bits per heavy atom. The van der Waals surface area contributed by atoms with Crippen molar-refractivity contribution in [2.75, 3.05) is 26.4 Å². The largest absolute Gasteiger partial charge is 0.494 e. The van der Waals surface area contributed by atoms with Gasteiger partial charge in [-0.3, -0.25) is 0 Å². The summed E-state index contributed by atoms with van der Waals surface area (Å²) in [5, 5.41) is 0. The smallest absolute Gasteiger partial charge is 0.330 e. The van der Waals surface area contributed by atoms with Gasteiger partial charge in [-0.15, -0.1) is 0 Å². The molecule has 6 nitrogen and oxygen atoms in total. The molecule has 0 saturated heterocycles. The number of rotatable bonds is 18. The van der Waals surface area contributed by atoms with E-state index >= 15 is 0 Å². The third kappa shape index (κ3) is 15.1. The minimum atomic E-state index is -0.371. The first kappa shape index (κ1) is 36.3. The van der Waals surface area contributed by atoms with Crippen LogP contribution in [0.4, 0.5) is 0 Å². The van der Waals surface area contributed by atoms with E-state index in [-0.39, 0.29) is 11.9 Å². The Bertz CT molecular complexity index is 1560. The highest BCUT2D eigenvalue weighted by atomic mass is 16.5. The summed E-state index contributed by atoms with van der Waals surface area (Å²) in [6.45, 7) is 11.0. The molecule has 0 unspecified atom stereocenters. The summed E-state index contributed by atoms with van der Waals surface area (Å²) in [6, 6.07) is 21.7. The highest BCUT2D eigenvalue weighted by molar-refractivity contribution is 5.81. The zero-order chi connectivity index (χ0) is 33.5. The average molecular weight is 633 g/mol. The van der Waals surface area contributed by atoms with Crippen LogP contribution in [-0.4, -0.2) is 38.4 Å². The van der Waals surface area contributed by atoms with Gasteiger partial charge in [-0.05, 0) is 131 Å². The van der Waals surface area contributed by atoms with Crippen molar-refractivity contribution in [2.45, 2.75) is 58.3 Å². The van der Waals surface area contributed by atoms with E-state index in [1.165, 1.54) is 12.2 Å². The number of carbonyl (C=O) groups excluding carboxylic acids is 2. The molecular weight excluding hydrogens is 588 g/mol. The summed E-state index contributed by atoms with van der Waals surface area (Å²) in [7, 11) is 0.